The standard InChI is InChI=1S/C15H16ClNO/c1-17-15(10-18)12-8-6-11(7-9-12)13-4-2-3-5-14(13)16/h2-9,15,17-18H,10H2,1H3. The van der Waals surface area contributed by atoms with Gasteiger partial charge in [-0.25, -0.2) is 0 Å². The molecule has 1 unspecified atom stereocenters. The Balaban J connectivity index is 2.30. The Labute approximate surface area is 112 Å². The van der Waals surface area contributed by atoms with Crippen molar-refractivity contribution in [3.63, 3.8) is 0 Å². The van der Waals surface area contributed by atoms with Gasteiger partial charge in [0, 0.05) is 10.6 Å². The number of hydrogen-bond donors (Lipinski definition) is 2. The smallest absolute Gasteiger partial charge is 0.0626 e. The molecule has 2 rings (SSSR count). The fraction of sp³-hybridized carbons (Fsp3) is 0.200. The van der Waals surface area contributed by atoms with Gasteiger partial charge in [-0.1, -0.05) is 54.1 Å². The van der Waals surface area contributed by atoms with Crippen LogP contribution < -0.4 is 5.32 Å². The molecule has 0 saturated carbocycles. The van der Waals surface area contributed by atoms with Gasteiger partial charge < -0.3 is 10.4 Å². The van der Waals surface area contributed by atoms with E-state index in [1.54, 1.807) is 0 Å². The van der Waals surface area contributed by atoms with Crippen LogP contribution in [-0.2, 0) is 0 Å². The van der Waals surface area contributed by atoms with Gasteiger partial charge in [0.15, 0.2) is 0 Å². The number of nitrogens with one attached hydrogen (secondary N) is 1. The lowest BCUT2D eigenvalue weighted by molar-refractivity contribution is 0.251. The fourth-order valence-corrected chi connectivity index (χ4v) is 2.20. The molecule has 0 aromatic heterocycles. The number of hydrogen-bond acceptors (Lipinski definition) is 2. The van der Waals surface area contributed by atoms with E-state index in [0.717, 1.165) is 21.7 Å². The summed E-state index contributed by atoms with van der Waals surface area (Å²) in [6.07, 6.45) is 0. The molecule has 0 spiro atoms. The second kappa shape index (κ2) is 6.01. The van der Waals surface area contributed by atoms with E-state index in [1.807, 2.05) is 55.6 Å². The largest absolute Gasteiger partial charge is 0.394 e. The third-order valence-corrected chi connectivity index (χ3v) is 3.36. The first-order valence-electron chi connectivity index (χ1n) is 5.89. The first kappa shape index (κ1) is 13.1. The number of aliphatic hydroxyl groups excluding tert-OH is 1. The summed E-state index contributed by atoms with van der Waals surface area (Å²) in [7, 11) is 1.84. The van der Waals surface area contributed by atoms with Crippen LogP contribution in [0.1, 0.15) is 11.6 Å². The molecule has 0 bridgehead atoms. The van der Waals surface area contributed by atoms with Crippen LogP contribution in [0.5, 0.6) is 0 Å². The van der Waals surface area contributed by atoms with Crippen LogP contribution in [0.15, 0.2) is 48.5 Å². The summed E-state index contributed by atoms with van der Waals surface area (Å²) in [6.45, 7) is 0.0853. The topological polar surface area (TPSA) is 32.3 Å². The van der Waals surface area contributed by atoms with Crippen LogP contribution in [0.25, 0.3) is 11.1 Å². The summed E-state index contributed by atoms with van der Waals surface area (Å²) in [5.74, 6) is 0. The molecule has 0 saturated heterocycles. The Morgan fingerprint density at radius 2 is 1.78 bits per heavy atom. The monoisotopic (exact) mass is 261 g/mol. The zero-order valence-electron chi connectivity index (χ0n) is 10.2. The van der Waals surface area contributed by atoms with Crippen LogP contribution in [0.2, 0.25) is 5.02 Å². The van der Waals surface area contributed by atoms with Gasteiger partial charge in [-0.3, -0.25) is 0 Å². The van der Waals surface area contributed by atoms with Crippen molar-refractivity contribution in [3.8, 4) is 11.1 Å². The lowest BCUT2D eigenvalue weighted by Gasteiger charge is -2.14. The minimum atomic E-state index is -0.0229. The zero-order valence-corrected chi connectivity index (χ0v) is 11.0. The third-order valence-electron chi connectivity index (χ3n) is 3.03. The molecule has 1 atom stereocenters. The Kier molecular flexibility index (Phi) is 4.37. The predicted molar refractivity (Wildman–Crippen MR) is 75.8 cm³/mol. The maximum absolute atomic E-state index is 9.23. The van der Waals surface area contributed by atoms with Crippen LogP contribution in [-0.4, -0.2) is 18.8 Å². The minimum absolute atomic E-state index is 0.0229. The number of halogens is 1. The van der Waals surface area contributed by atoms with Gasteiger partial charge in [0.1, 0.15) is 0 Å². The molecule has 3 heteroatoms. The molecular weight excluding hydrogens is 246 g/mol. The maximum atomic E-state index is 9.23. The highest BCUT2D eigenvalue weighted by Gasteiger charge is 2.08. The normalized spacial score (nSPS) is 12.4. The SMILES string of the molecule is CNC(CO)c1ccc(-c2ccccc2Cl)cc1. The summed E-state index contributed by atoms with van der Waals surface area (Å²) in [5, 5.41) is 13.0. The van der Waals surface area contributed by atoms with Gasteiger partial charge in [0.2, 0.25) is 0 Å². The molecule has 0 fully saturated rings. The van der Waals surface area contributed by atoms with E-state index in [-0.39, 0.29) is 12.6 Å². The Bertz CT molecular complexity index is 506. The van der Waals surface area contributed by atoms with Gasteiger partial charge in [-0.05, 0) is 24.2 Å². The summed E-state index contributed by atoms with van der Waals surface area (Å²) >= 11 is 6.16. The van der Waals surface area contributed by atoms with Crippen molar-refractivity contribution in [2.75, 3.05) is 13.7 Å². The van der Waals surface area contributed by atoms with Crippen molar-refractivity contribution in [1.82, 2.24) is 5.32 Å². The summed E-state index contributed by atoms with van der Waals surface area (Å²) in [5.41, 5.74) is 3.17. The molecule has 0 aliphatic rings. The molecule has 0 aliphatic heterocycles. The molecule has 2 aromatic rings. The van der Waals surface area contributed by atoms with Gasteiger partial charge >= 0.3 is 0 Å². The molecule has 18 heavy (non-hydrogen) atoms. The van der Waals surface area contributed by atoms with Crippen molar-refractivity contribution in [2.45, 2.75) is 6.04 Å². The van der Waals surface area contributed by atoms with Crippen LogP contribution in [0.4, 0.5) is 0 Å². The molecular formula is C15H16ClNO. The molecule has 2 N–H and O–H groups in total. The van der Waals surface area contributed by atoms with E-state index in [1.165, 1.54) is 0 Å². The highest BCUT2D eigenvalue weighted by molar-refractivity contribution is 6.33. The summed E-state index contributed by atoms with van der Waals surface area (Å²) in [4.78, 5) is 0. The van der Waals surface area contributed by atoms with Gasteiger partial charge in [-0.15, -0.1) is 0 Å². The Hall–Kier alpha value is -1.35. The second-order valence-corrected chi connectivity index (χ2v) is 4.53. The lowest BCUT2D eigenvalue weighted by atomic mass is 10.0. The van der Waals surface area contributed by atoms with E-state index in [2.05, 4.69) is 5.32 Å². The first-order chi connectivity index (χ1) is 8.76. The van der Waals surface area contributed by atoms with Crippen LogP contribution in [0, 0.1) is 0 Å². The van der Waals surface area contributed by atoms with E-state index in [0.29, 0.717) is 0 Å². The van der Waals surface area contributed by atoms with Crippen LogP contribution >= 0.6 is 11.6 Å². The molecule has 2 aromatic carbocycles. The quantitative estimate of drug-likeness (QED) is 0.886. The van der Waals surface area contributed by atoms with Gasteiger partial charge in [0.25, 0.3) is 0 Å². The number of likely N-dealkylation sites (N-methyl/N-ethyl adjacent to an activating group) is 1. The number of benzene rings is 2. The summed E-state index contributed by atoms with van der Waals surface area (Å²) in [6, 6.07) is 15.8. The lowest BCUT2D eigenvalue weighted by Crippen LogP contribution is -2.19. The Morgan fingerprint density at radius 1 is 1.11 bits per heavy atom. The minimum Gasteiger partial charge on any atom is -0.394 e. The maximum Gasteiger partial charge on any atom is 0.0626 e. The first-order valence-corrected chi connectivity index (χ1v) is 6.27. The zero-order chi connectivity index (χ0) is 13.0. The molecule has 0 aliphatic carbocycles. The summed E-state index contributed by atoms with van der Waals surface area (Å²) < 4.78 is 0. The predicted octanol–water partition coefficient (Wildman–Crippen LogP) is 3.26. The van der Waals surface area contributed by atoms with Crippen molar-refractivity contribution < 1.29 is 5.11 Å². The Morgan fingerprint density at radius 3 is 2.33 bits per heavy atom. The molecule has 2 nitrogen and oxygen atoms in total. The molecule has 0 radical (unpaired) electrons. The highest BCUT2D eigenvalue weighted by atomic mass is 35.5. The van der Waals surface area contributed by atoms with Crippen molar-refractivity contribution in [1.29, 1.82) is 0 Å². The van der Waals surface area contributed by atoms with Crippen LogP contribution in [0.3, 0.4) is 0 Å². The van der Waals surface area contributed by atoms with E-state index in [9.17, 15) is 5.11 Å². The highest BCUT2D eigenvalue weighted by Crippen LogP contribution is 2.28. The average Bonchev–Trinajstić information content (AvgIpc) is 2.42. The van der Waals surface area contributed by atoms with Crippen molar-refractivity contribution in [2.24, 2.45) is 0 Å². The average molecular weight is 262 g/mol. The molecule has 0 amide bonds. The van der Waals surface area contributed by atoms with Gasteiger partial charge in [0.05, 0.1) is 12.6 Å². The molecule has 0 heterocycles. The van der Waals surface area contributed by atoms with E-state index >= 15 is 0 Å². The van der Waals surface area contributed by atoms with Crippen molar-refractivity contribution in [3.05, 3.63) is 59.1 Å². The number of rotatable bonds is 4. The van der Waals surface area contributed by atoms with E-state index in [4.69, 9.17) is 11.6 Å². The number of aliphatic hydroxyl groups is 1. The van der Waals surface area contributed by atoms with Gasteiger partial charge in [-0.2, -0.15) is 0 Å². The van der Waals surface area contributed by atoms with E-state index < -0.39 is 0 Å². The third kappa shape index (κ3) is 2.72. The molecule has 94 valence electrons. The van der Waals surface area contributed by atoms with Crippen molar-refractivity contribution >= 4 is 11.6 Å². The fourth-order valence-electron chi connectivity index (χ4n) is 1.95. The second-order valence-electron chi connectivity index (χ2n) is 4.13.